The molecule has 120 valence electrons. The van der Waals surface area contributed by atoms with Crippen LogP contribution >= 0.6 is 23.2 Å². The van der Waals surface area contributed by atoms with E-state index < -0.39 is 11.9 Å². The van der Waals surface area contributed by atoms with Crippen molar-refractivity contribution in [1.82, 2.24) is 0 Å². The highest BCUT2D eigenvalue weighted by atomic mass is 35.5. The van der Waals surface area contributed by atoms with E-state index in [0.717, 1.165) is 5.56 Å². The highest BCUT2D eigenvalue weighted by Crippen LogP contribution is 2.23. The van der Waals surface area contributed by atoms with E-state index in [9.17, 15) is 9.59 Å². The summed E-state index contributed by atoms with van der Waals surface area (Å²) < 4.78 is 5.42. The molecule has 7 heteroatoms. The maximum absolute atomic E-state index is 11.9. The molecule has 2 N–H and O–H groups in total. The van der Waals surface area contributed by atoms with Crippen LogP contribution in [0.4, 0.5) is 5.69 Å². The van der Waals surface area contributed by atoms with Gasteiger partial charge in [-0.15, -0.1) is 0 Å². The summed E-state index contributed by atoms with van der Waals surface area (Å²) >= 11 is 11.7. The summed E-state index contributed by atoms with van der Waals surface area (Å²) in [6, 6.07) is 9.25. The predicted molar refractivity (Wildman–Crippen MR) is 88.7 cm³/mol. The third-order valence-corrected chi connectivity index (χ3v) is 3.53. The van der Waals surface area contributed by atoms with Crippen molar-refractivity contribution in [2.24, 2.45) is 0 Å². The normalized spacial score (nSPS) is 10.2. The van der Waals surface area contributed by atoms with E-state index in [-0.39, 0.29) is 17.2 Å². The van der Waals surface area contributed by atoms with Crippen molar-refractivity contribution in [3.8, 4) is 5.75 Å². The zero-order valence-electron chi connectivity index (χ0n) is 12.1. The number of hydrogen-bond acceptors (Lipinski definition) is 3. The fourth-order valence-corrected chi connectivity index (χ4v) is 2.37. The minimum Gasteiger partial charge on any atom is -0.483 e. The Morgan fingerprint density at radius 3 is 2.52 bits per heavy atom. The van der Waals surface area contributed by atoms with Crippen molar-refractivity contribution in [3.05, 3.63) is 57.6 Å². The lowest BCUT2D eigenvalue weighted by Crippen LogP contribution is -2.20. The van der Waals surface area contributed by atoms with Gasteiger partial charge in [0.2, 0.25) is 0 Å². The van der Waals surface area contributed by atoms with Gasteiger partial charge in [0.05, 0.1) is 10.6 Å². The molecule has 23 heavy (non-hydrogen) atoms. The Kier molecular flexibility index (Phi) is 5.47. The summed E-state index contributed by atoms with van der Waals surface area (Å²) in [5, 5.41) is 12.1. The fraction of sp³-hybridized carbons (Fsp3) is 0.125. The molecule has 0 unspecified atom stereocenters. The topological polar surface area (TPSA) is 75.6 Å². The number of anilines is 1. The molecule has 5 nitrogen and oxygen atoms in total. The Balaban J connectivity index is 1.97. The Labute approximate surface area is 142 Å². The van der Waals surface area contributed by atoms with Gasteiger partial charge >= 0.3 is 5.97 Å². The molecule has 0 radical (unpaired) electrons. The number of halogens is 2. The number of amides is 1. The standard InChI is InChI=1S/C16H13Cl2NO4/c1-9-6-10(17)2-5-14(9)23-8-15(20)19-11-3-4-12(16(21)22)13(18)7-11/h2-7H,8H2,1H3,(H,19,20)(H,21,22). The lowest BCUT2D eigenvalue weighted by atomic mass is 10.2. The van der Waals surface area contributed by atoms with Crippen LogP contribution in [-0.4, -0.2) is 23.6 Å². The zero-order valence-corrected chi connectivity index (χ0v) is 13.6. The zero-order chi connectivity index (χ0) is 17.0. The second-order valence-corrected chi connectivity index (χ2v) is 5.59. The smallest absolute Gasteiger partial charge is 0.337 e. The quantitative estimate of drug-likeness (QED) is 0.851. The van der Waals surface area contributed by atoms with Gasteiger partial charge in [-0.3, -0.25) is 4.79 Å². The van der Waals surface area contributed by atoms with Crippen molar-refractivity contribution in [1.29, 1.82) is 0 Å². The van der Waals surface area contributed by atoms with E-state index in [1.165, 1.54) is 18.2 Å². The van der Waals surface area contributed by atoms with Gasteiger partial charge in [0.15, 0.2) is 6.61 Å². The molecule has 0 aliphatic carbocycles. The van der Waals surface area contributed by atoms with Crippen LogP contribution in [0.25, 0.3) is 0 Å². The Hall–Kier alpha value is -2.24. The number of rotatable bonds is 5. The molecule has 0 saturated heterocycles. The summed E-state index contributed by atoms with van der Waals surface area (Å²) in [5.74, 6) is -0.961. The van der Waals surface area contributed by atoms with Gasteiger partial charge in [0.25, 0.3) is 5.91 Å². The minimum absolute atomic E-state index is 0.0299. The third-order valence-electron chi connectivity index (χ3n) is 2.98. The number of carboxylic acids is 1. The molecule has 0 heterocycles. The van der Waals surface area contributed by atoms with Crippen LogP contribution in [0.15, 0.2) is 36.4 Å². The number of carbonyl (C=O) groups excluding carboxylic acids is 1. The van der Waals surface area contributed by atoms with E-state index in [4.69, 9.17) is 33.0 Å². The first kappa shape index (κ1) is 17.1. The number of aryl methyl sites for hydroxylation is 1. The number of hydrogen-bond donors (Lipinski definition) is 2. The Morgan fingerprint density at radius 1 is 1.17 bits per heavy atom. The molecule has 2 rings (SSSR count). The Morgan fingerprint density at radius 2 is 1.91 bits per heavy atom. The van der Waals surface area contributed by atoms with Crippen molar-refractivity contribution >= 4 is 40.8 Å². The predicted octanol–water partition coefficient (Wildman–Crippen LogP) is 4.02. The summed E-state index contributed by atoms with van der Waals surface area (Å²) in [5.41, 5.74) is 1.18. The van der Waals surface area contributed by atoms with Crippen LogP contribution in [0.2, 0.25) is 10.0 Å². The van der Waals surface area contributed by atoms with Crippen molar-refractivity contribution in [2.75, 3.05) is 11.9 Å². The summed E-state index contributed by atoms with van der Waals surface area (Å²) in [6.07, 6.45) is 0. The molecule has 0 saturated carbocycles. The number of nitrogens with one attached hydrogen (secondary N) is 1. The van der Waals surface area contributed by atoms with Crippen LogP contribution in [-0.2, 0) is 4.79 Å². The molecule has 0 aliphatic rings. The molecule has 0 bridgehead atoms. The summed E-state index contributed by atoms with van der Waals surface area (Å²) in [4.78, 5) is 22.7. The van der Waals surface area contributed by atoms with Crippen LogP contribution in [0.5, 0.6) is 5.75 Å². The van der Waals surface area contributed by atoms with Crippen LogP contribution in [0, 0.1) is 6.92 Å². The van der Waals surface area contributed by atoms with E-state index in [1.54, 1.807) is 18.2 Å². The number of benzene rings is 2. The highest BCUT2D eigenvalue weighted by Gasteiger charge is 2.11. The van der Waals surface area contributed by atoms with Gasteiger partial charge in [0.1, 0.15) is 5.75 Å². The second-order valence-electron chi connectivity index (χ2n) is 4.75. The largest absolute Gasteiger partial charge is 0.483 e. The first-order valence-corrected chi connectivity index (χ1v) is 7.34. The maximum Gasteiger partial charge on any atom is 0.337 e. The van der Waals surface area contributed by atoms with Crippen molar-refractivity contribution in [3.63, 3.8) is 0 Å². The molecule has 2 aromatic carbocycles. The van der Waals surface area contributed by atoms with Gasteiger partial charge in [-0.25, -0.2) is 4.79 Å². The van der Waals surface area contributed by atoms with Gasteiger partial charge in [-0.05, 0) is 48.9 Å². The number of carbonyl (C=O) groups is 2. The van der Waals surface area contributed by atoms with E-state index >= 15 is 0 Å². The third kappa shape index (κ3) is 4.61. The fourth-order valence-electron chi connectivity index (χ4n) is 1.88. The Bertz CT molecular complexity index is 762. The SMILES string of the molecule is Cc1cc(Cl)ccc1OCC(=O)Nc1ccc(C(=O)O)c(Cl)c1. The van der Waals surface area contributed by atoms with Gasteiger partial charge in [0, 0.05) is 10.7 Å². The molecule has 2 aromatic rings. The van der Waals surface area contributed by atoms with Crippen molar-refractivity contribution in [2.45, 2.75) is 6.92 Å². The lowest BCUT2D eigenvalue weighted by Gasteiger charge is -2.10. The summed E-state index contributed by atoms with van der Waals surface area (Å²) in [6.45, 7) is 1.63. The molecular weight excluding hydrogens is 341 g/mol. The van der Waals surface area contributed by atoms with Crippen LogP contribution in [0.3, 0.4) is 0 Å². The molecule has 0 aromatic heterocycles. The number of ether oxygens (including phenoxy) is 1. The van der Waals surface area contributed by atoms with E-state index in [1.807, 2.05) is 6.92 Å². The van der Waals surface area contributed by atoms with E-state index in [2.05, 4.69) is 5.32 Å². The molecular formula is C16H13Cl2NO4. The number of carboxylic acid groups (broad SMARTS) is 1. The monoisotopic (exact) mass is 353 g/mol. The molecule has 0 atom stereocenters. The first-order valence-electron chi connectivity index (χ1n) is 6.58. The molecule has 0 fully saturated rings. The van der Waals surface area contributed by atoms with Gasteiger partial charge in [-0.2, -0.15) is 0 Å². The van der Waals surface area contributed by atoms with Gasteiger partial charge < -0.3 is 15.2 Å². The lowest BCUT2D eigenvalue weighted by molar-refractivity contribution is -0.118. The average Bonchev–Trinajstić information content (AvgIpc) is 2.46. The highest BCUT2D eigenvalue weighted by molar-refractivity contribution is 6.33. The molecule has 0 spiro atoms. The minimum atomic E-state index is -1.13. The van der Waals surface area contributed by atoms with Crippen LogP contribution < -0.4 is 10.1 Å². The first-order chi connectivity index (χ1) is 10.9. The van der Waals surface area contributed by atoms with E-state index in [0.29, 0.717) is 16.5 Å². The summed E-state index contributed by atoms with van der Waals surface area (Å²) in [7, 11) is 0. The average molecular weight is 354 g/mol. The van der Waals surface area contributed by atoms with Gasteiger partial charge in [-0.1, -0.05) is 23.2 Å². The second kappa shape index (κ2) is 7.35. The molecule has 0 aliphatic heterocycles. The maximum atomic E-state index is 11.9. The number of aromatic carboxylic acids is 1. The molecule has 1 amide bonds. The van der Waals surface area contributed by atoms with Crippen molar-refractivity contribution < 1.29 is 19.4 Å². The van der Waals surface area contributed by atoms with Crippen LogP contribution in [0.1, 0.15) is 15.9 Å².